The first-order chi connectivity index (χ1) is 8.90. The van der Waals surface area contributed by atoms with Crippen molar-refractivity contribution in [2.75, 3.05) is 26.2 Å². The number of nitrogens with one attached hydrogen (secondary N) is 1. The van der Waals surface area contributed by atoms with Crippen molar-refractivity contribution in [3.05, 3.63) is 18.0 Å². The standard InChI is InChI=1S/C14H26N4/c1-2-9-18-14(6-7-16-18)13-15-8-12-17-10-4-3-5-11-17/h6-7,15H,2-5,8-13H2,1H3. The molecule has 0 saturated carbocycles. The van der Waals surface area contributed by atoms with Crippen molar-refractivity contribution in [3.8, 4) is 0 Å². The van der Waals surface area contributed by atoms with E-state index in [9.17, 15) is 0 Å². The van der Waals surface area contributed by atoms with Gasteiger partial charge in [-0.05, 0) is 38.4 Å². The van der Waals surface area contributed by atoms with Gasteiger partial charge < -0.3 is 10.2 Å². The fourth-order valence-corrected chi connectivity index (χ4v) is 2.56. The van der Waals surface area contributed by atoms with Crippen molar-refractivity contribution in [1.82, 2.24) is 20.0 Å². The molecule has 1 fully saturated rings. The average molecular weight is 250 g/mol. The van der Waals surface area contributed by atoms with Gasteiger partial charge in [0.1, 0.15) is 0 Å². The average Bonchev–Trinajstić information content (AvgIpc) is 2.84. The second-order valence-corrected chi connectivity index (χ2v) is 5.12. The molecule has 1 aromatic rings. The lowest BCUT2D eigenvalue weighted by molar-refractivity contribution is 0.228. The van der Waals surface area contributed by atoms with E-state index in [0.29, 0.717) is 0 Å². The molecule has 1 saturated heterocycles. The normalized spacial score (nSPS) is 17.2. The summed E-state index contributed by atoms with van der Waals surface area (Å²) in [5.74, 6) is 0. The van der Waals surface area contributed by atoms with Crippen LogP contribution in [-0.4, -0.2) is 40.9 Å². The van der Waals surface area contributed by atoms with Crippen molar-refractivity contribution in [3.63, 3.8) is 0 Å². The molecule has 0 amide bonds. The summed E-state index contributed by atoms with van der Waals surface area (Å²) in [7, 11) is 0. The molecular formula is C14H26N4. The minimum Gasteiger partial charge on any atom is -0.310 e. The van der Waals surface area contributed by atoms with E-state index in [-0.39, 0.29) is 0 Å². The van der Waals surface area contributed by atoms with Crippen molar-refractivity contribution in [2.45, 2.75) is 45.7 Å². The van der Waals surface area contributed by atoms with E-state index in [4.69, 9.17) is 0 Å². The van der Waals surface area contributed by atoms with Gasteiger partial charge in [0.05, 0.1) is 5.69 Å². The summed E-state index contributed by atoms with van der Waals surface area (Å²) in [6.45, 7) is 8.99. The number of piperidine rings is 1. The minimum absolute atomic E-state index is 0.938. The molecule has 0 radical (unpaired) electrons. The smallest absolute Gasteiger partial charge is 0.0522 e. The van der Waals surface area contributed by atoms with Crippen LogP contribution in [0.25, 0.3) is 0 Å². The number of likely N-dealkylation sites (tertiary alicyclic amines) is 1. The lowest BCUT2D eigenvalue weighted by Crippen LogP contribution is -2.35. The summed E-state index contributed by atoms with van der Waals surface area (Å²) in [6.07, 6.45) is 7.21. The van der Waals surface area contributed by atoms with Crippen LogP contribution in [0.5, 0.6) is 0 Å². The molecule has 0 bridgehead atoms. The molecule has 4 nitrogen and oxygen atoms in total. The zero-order valence-electron chi connectivity index (χ0n) is 11.6. The van der Waals surface area contributed by atoms with Crippen LogP contribution in [0.3, 0.4) is 0 Å². The van der Waals surface area contributed by atoms with Crippen LogP contribution in [0.1, 0.15) is 38.3 Å². The summed E-state index contributed by atoms with van der Waals surface area (Å²) in [5.41, 5.74) is 1.30. The van der Waals surface area contributed by atoms with Crippen LogP contribution >= 0.6 is 0 Å². The van der Waals surface area contributed by atoms with E-state index in [0.717, 1.165) is 26.1 Å². The predicted octanol–water partition coefficient (Wildman–Crippen LogP) is 1.87. The van der Waals surface area contributed by atoms with E-state index < -0.39 is 0 Å². The Hall–Kier alpha value is -0.870. The van der Waals surface area contributed by atoms with Gasteiger partial charge in [-0.15, -0.1) is 0 Å². The Balaban J connectivity index is 1.63. The molecule has 2 heterocycles. The number of aryl methyl sites for hydroxylation is 1. The first-order valence-electron chi connectivity index (χ1n) is 7.34. The van der Waals surface area contributed by atoms with E-state index in [1.165, 1.54) is 44.6 Å². The van der Waals surface area contributed by atoms with Crippen LogP contribution in [0.2, 0.25) is 0 Å². The summed E-state index contributed by atoms with van der Waals surface area (Å²) in [5, 5.41) is 7.87. The summed E-state index contributed by atoms with van der Waals surface area (Å²) in [4.78, 5) is 2.57. The third kappa shape index (κ3) is 4.10. The van der Waals surface area contributed by atoms with Crippen LogP contribution in [0.4, 0.5) is 0 Å². The molecule has 0 aliphatic carbocycles. The first kappa shape index (κ1) is 13.6. The Morgan fingerprint density at radius 3 is 2.83 bits per heavy atom. The fourth-order valence-electron chi connectivity index (χ4n) is 2.56. The van der Waals surface area contributed by atoms with Crippen molar-refractivity contribution < 1.29 is 0 Å². The van der Waals surface area contributed by atoms with Crippen LogP contribution in [-0.2, 0) is 13.1 Å². The maximum atomic E-state index is 4.34. The molecule has 0 atom stereocenters. The topological polar surface area (TPSA) is 33.1 Å². The summed E-state index contributed by atoms with van der Waals surface area (Å²) >= 11 is 0. The highest BCUT2D eigenvalue weighted by molar-refractivity contribution is 4.99. The molecule has 1 aromatic heterocycles. The predicted molar refractivity (Wildman–Crippen MR) is 74.5 cm³/mol. The highest BCUT2D eigenvalue weighted by atomic mass is 15.3. The van der Waals surface area contributed by atoms with Gasteiger partial charge in [-0.1, -0.05) is 13.3 Å². The third-order valence-corrected chi connectivity index (χ3v) is 3.60. The maximum Gasteiger partial charge on any atom is 0.0522 e. The van der Waals surface area contributed by atoms with Crippen LogP contribution in [0, 0.1) is 0 Å². The van der Waals surface area contributed by atoms with Gasteiger partial charge in [0.15, 0.2) is 0 Å². The summed E-state index contributed by atoms with van der Waals surface area (Å²) in [6, 6.07) is 2.11. The molecule has 2 rings (SSSR count). The van der Waals surface area contributed by atoms with E-state index in [2.05, 4.69) is 33.0 Å². The summed E-state index contributed by atoms with van der Waals surface area (Å²) < 4.78 is 2.11. The molecule has 0 unspecified atom stereocenters. The Bertz CT molecular complexity index is 328. The van der Waals surface area contributed by atoms with Gasteiger partial charge in [0.25, 0.3) is 0 Å². The Labute approximate surface area is 110 Å². The van der Waals surface area contributed by atoms with Crippen molar-refractivity contribution in [2.24, 2.45) is 0 Å². The van der Waals surface area contributed by atoms with Gasteiger partial charge in [-0.3, -0.25) is 4.68 Å². The highest BCUT2D eigenvalue weighted by Crippen LogP contribution is 2.07. The number of hydrogen-bond donors (Lipinski definition) is 1. The molecule has 0 spiro atoms. The molecule has 1 N–H and O–H groups in total. The second-order valence-electron chi connectivity index (χ2n) is 5.12. The Morgan fingerprint density at radius 1 is 1.22 bits per heavy atom. The maximum absolute atomic E-state index is 4.34. The van der Waals surface area contributed by atoms with Gasteiger partial charge >= 0.3 is 0 Å². The van der Waals surface area contributed by atoms with E-state index >= 15 is 0 Å². The van der Waals surface area contributed by atoms with Gasteiger partial charge in [-0.2, -0.15) is 5.10 Å². The quantitative estimate of drug-likeness (QED) is 0.750. The SMILES string of the molecule is CCCn1nccc1CNCCN1CCCCC1. The van der Waals surface area contributed by atoms with Crippen molar-refractivity contribution in [1.29, 1.82) is 0 Å². The Morgan fingerprint density at radius 2 is 2.06 bits per heavy atom. The van der Waals surface area contributed by atoms with Gasteiger partial charge in [0, 0.05) is 32.4 Å². The number of hydrogen-bond acceptors (Lipinski definition) is 3. The molecule has 0 aromatic carbocycles. The number of nitrogens with zero attached hydrogens (tertiary/aromatic N) is 3. The molecule has 102 valence electrons. The molecule has 4 heteroatoms. The monoisotopic (exact) mass is 250 g/mol. The largest absolute Gasteiger partial charge is 0.310 e. The minimum atomic E-state index is 0.938. The zero-order valence-corrected chi connectivity index (χ0v) is 11.6. The lowest BCUT2D eigenvalue weighted by Gasteiger charge is -2.26. The second kappa shape index (κ2) is 7.54. The van der Waals surface area contributed by atoms with Gasteiger partial charge in [0.2, 0.25) is 0 Å². The lowest BCUT2D eigenvalue weighted by atomic mass is 10.1. The van der Waals surface area contributed by atoms with Crippen molar-refractivity contribution >= 4 is 0 Å². The Kier molecular flexibility index (Phi) is 5.68. The first-order valence-corrected chi connectivity index (χ1v) is 7.34. The number of aromatic nitrogens is 2. The molecular weight excluding hydrogens is 224 g/mol. The highest BCUT2D eigenvalue weighted by Gasteiger charge is 2.09. The third-order valence-electron chi connectivity index (χ3n) is 3.60. The molecule has 1 aliphatic rings. The fraction of sp³-hybridized carbons (Fsp3) is 0.786. The molecule has 18 heavy (non-hydrogen) atoms. The van der Waals surface area contributed by atoms with E-state index in [1.54, 1.807) is 0 Å². The number of rotatable bonds is 7. The van der Waals surface area contributed by atoms with Crippen LogP contribution in [0.15, 0.2) is 12.3 Å². The van der Waals surface area contributed by atoms with E-state index in [1.807, 2.05) is 6.20 Å². The molecule has 1 aliphatic heterocycles. The van der Waals surface area contributed by atoms with Gasteiger partial charge in [-0.25, -0.2) is 0 Å². The zero-order chi connectivity index (χ0) is 12.6. The van der Waals surface area contributed by atoms with Crippen LogP contribution < -0.4 is 5.32 Å².